The van der Waals surface area contributed by atoms with Gasteiger partial charge in [0, 0.05) is 29.4 Å². The lowest BCUT2D eigenvalue weighted by atomic mass is 9.93. The molecule has 0 aliphatic carbocycles. The van der Waals surface area contributed by atoms with Gasteiger partial charge in [-0.2, -0.15) is 0 Å². The third kappa shape index (κ3) is 2.07. The van der Waals surface area contributed by atoms with Crippen molar-refractivity contribution in [1.29, 1.82) is 0 Å². The lowest BCUT2D eigenvalue weighted by Crippen LogP contribution is -2.28. The van der Waals surface area contributed by atoms with Crippen molar-refractivity contribution in [3.05, 3.63) is 29.6 Å². The third-order valence-corrected chi connectivity index (χ3v) is 3.06. The van der Waals surface area contributed by atoms with Gasteiger partial charge in [-0.15, -0.1) is 0 Å². The van der Waals surface area contributed by atoms with Gasteiger partial charge in [0.05, 0.1) is 0 Å². The van der Waals surface area contributed by atoms with Crippen molar-refractivity contribution in [3.63, 3.8) is 0 Å². The van der Waals surface area contributed by atoms with Crippen LogP contribution in [-0.2, 0) is 0 Å². The third-order valence-electron chi connectivity index (χ3n) is 3.06. The molecule has 2 atom stereocenters. The molecule has 1 fully saturated rings. The molecular formula is C12H16N2O. The molecule has 0 spiro atoms. The number of hydrogen-bond acceptors (Lipinski definition) is 3. The monoisotopic (exact) mass is 204 g/mol. The molecule has 0 aromatic carbocycles. The Bertz CT molecular complexity index is 358. The zero-order valence-corrected chi connectivity index (χ0v) is 9.16. The maximum atomic E-state index is 12.1. The maximum absolute atomic E-state index is 12.1. The average molecular weight is 204 g/mol. The molecule has 1 saturated heterocycles. The van der Waals surface area contributed by atoms with Crippen molar-refractivity contribution in [2.75, 3.05) is 6.54 Å². The zero-order valence-electron chi connectivity index (χ0n) is 9.16. The second-order valence-electron chi connectivity index (χ2n) is 4.19. The van der Waals surface area contributed by atoms with Gasteiger partial charge in [-0.25, -0.2) is 0 Å². The Morgan fingerprint density at radius 3 is 2.87 bits per heavy atom. The summed E-state index contributed by atoms with van der Waals surface area (Å²) in [6.07, 6.45) is 2.62. The molecule has 1 aromatic heterocycles. The Hall–Kier alpha value is -1.22. The molecule has 2 unspecified atom stereocenters. The first kappa shape index (κ1) is 10.3. The van der Waals surface area contributed by atoms with Crippen molar-refractivity contribution in [3.8, 4) is 0 Å². The lowest BCUT2D eigenvalue weighted by Gasteiger charge is -2.13. The van der Waals surface area contributed by atoms with Crippen LogP contribution in [0.3, 0.4) is 0 Å². The number of pyridine rings is 1. The highest BCUT2D eigenvalue weighted by Gasteiger charge is 2.29. The summed E-state index contributed by atoms with van der Waals surface area (Å²) >= 11 is 0. The fourth-order valence-electron chi connectivity index (χ4n) is 2.04. The fourth-order valence-corrected chi connectivity index (χ4v) is 2.04. The van der Waals surface area contributed by atoms with E-state index in [2.05, 4.69) is 17.2 Å². The number of aryl methyl sites for hydroxylation is 1. The molecule has 0 amide bonds. The molecule has 2 rings (SSSR count). The topological polar surface area (TPSA) is 42.0 Å². The number of hydrogen-bond donors (Lipinski definition) is 1. The largest absolute Gasteiger partial charge is 0.313 e. The van der Waals surface area contributed by atoms with E-state index in [4.69, 9.17) is 0 Å². The molecular weight excluding hydrogens is 188 g/mol. The highest BCUT2D eigenvalue weighted by molar-refractivity contribution is 5.98. The molecule has 80 valence electrons. The summed E-state index contributed by atoms with van der Waals surface area (Å²) in [5.74, 6) is 0.342. The van der Waals surface area contributed by atoms with Gasteiger partial charge < -0.3 is 5.32 Å². The van der Waals surface area contributed by atoms with E-state index in [0.29, 0.717) is 6.04 Å². The summed E-state index contributed by atoms with van der Waals surface area (Å²) in [4.78, 5) is 16.2. The van der Waals surface area contributed by atoms with Gasteiger partial charge in [-0.05, 0) is 38.9 Å². The van der Waals surface area contributed by atoms with Crippen LogP contribution in [0.2, 0.25) is 0 Å². The van der Waals surface area contributed by atoms with Crippen molar-refractivity contribution in [2.45, 2.75) is 26.3 Å². The molecule has 3 nitrogen and oxygen atoms in total. The highest BCUT2D eigenvalue weighted by atomic mass is 16.1. The standard InChI is InChI=1S/C12H16N2O/c1-8-3-4-10(7-14-8)12(15)11-5-6-13-9(11)2/h3-4,7,9,11,13H,5-6H2,1-2H3. The maximum Gasteiger partial charge on any atom is 0.169 e. The summed E-state index contributed by atoms with van der Waals surface area (Å²) in [7, 11) is 0. The second-order valence-corrected chi connectivity index (χ2v) is 4.19. The summed E-state index contributed by atoms with van der Waals surface area (Å²) in [5, 5.41) is 3.29. The first-order valence-electron chi connectivity index (χ1n) is 5.39. The van der Waals surface area contributed by atoms with E-state index in [1.807, 2.05) is 19.1 Å². The molecule has 1 aliphatic heterocycles. The number of Topliss-reactive ketones (excluding diaryl/α,β-unsaturated/α-hetero) is 1. The van der Waals surface area contributed by atoms with Crippen LogP contribution >= 0.6 is 0 Å². The van der Waals surface area contributed by atoms with Crippen LogP contribution in [-0.4, -0.2) is 23.4 Å². The van der Waals surface area contributed by atoms with Crippen LogP contribution in [0.5, 0.6) is 0 Å². The van der Waals surface area contributed by atoms with Gasteiger partial charge in [-0.1, -0.05) is 0 Å². The molecule has 1 N–H and O–H groups in total. The summed E-state index contributed by atoms with van der Waals surface area (Å²) in [5.41, 5.74) is 1.69. The van der Waals surface area contributed by atoms with E-state index >= 15 is 0 Å². The van der Waals surface area contributed by atoms with Gasteiger partial charge >= 0.3 is 0 Å². The van der Waals surface area contributed by atoms with E-state index in [1.54, 1.807) is 6.20 Å². The first-order chi connectivity index (χ1) is 7.18. The average Bonchev–Trinajstić information content (AvgIpc) is 2.65. The van der Waals surface area contributed by atoms with E-state index in [0.717, 1.165) is 24.2 Å². The molecule has 0 bridgehead atoms. The quantitative estimate of drug-likeness (QED) is 0.743. The Morgan fingerprint density at radius 1 is 1.53 bits per heavy atom. The number of aromatic nitrogens is 1. The van der Waals surface area contributed by atoms with Crippen molar-refractivity contribution >= 4 is 5.78 Å². The Morgan fingerprint density at radius 2 is 2.33 bits per heavy atom. The number of ketones is 1. The SMILES string of the molecule is Cc1ccc(C(=O)C2CCNC2C)cn1. The number of nitrogens with zero attached hydrogens (tertiary/aromatic N) is 1. The minimum Gasteiger partial charge on any atom is -0.313 e. The van der Waals surface area contributed by atoms with Gasteiger partial charge in [0.1, 0.15) is 0 Å². The predicted molar refractivity (Wildman–Crippen MR) is 58.9 cm³/mol. The van der Waals surface area contributed by atoms with Crippen LogP contribution in [0.15, 0.2) is 18.3 Å². The van der Waals surface area contributed by atoms with Crippen LogP contribution in [0.4, 0.5) is 0 Å². The Balaban J connectivity index is 2.17. The molecule has 0 saturated carbocycles. The van der Waals surface area contributed by atoms with E-state index < -0.39 is 0 Å². The van der Waals surface area contributed by atoms with E-state index in [1.165, 1.54) is 0 Å². The van der Waals surface area contributed by atoms with Gasteiger partial charge in [-0.3, -0.25) is 9.78 Å². The van der Waals surface area contributed by atoms with Crippen molar-refractivity contribution in [2.24, 2.45) is 5.92 Å². The fraction of sp³-hybridized carbons (Fsp3) is 0.500. The van der Waals surface area contributed by atoms with Crippen molar-refractivity contribution in [1.82, 2.24) is 10.3 Å². The summed E-state index contributed by atoms with van der Waals surface area (Å²) in [6, 6.07) is 4.05. The second kappa shape index (κ2) is 4.11. The van der Waals surface area contributed by atoms with E-state index in [-0.39, 0.29) is 11.7 Å². The van der Waals surface area contributed by atoms with Gasteiger partial charge in [0.15, 0.2) is 5.78 Å². The highest BCUT2D eigenvalue weighted by Crippen LogP contribution is 2.20. The Labute approximate surface area is 89.9 Å². The lowest BCUT2D eigenvalue weighted by molar-refractivity contribution is 0.0913. The molecule has 2 heterocycles. The van der Waals surface area contributed by atoms with Crippen LogP contribution < -0.4 is 5.32 Å². The van der Waals surface area contributed by atoms with Gasteiger partial charge in [0.25, 0.3) is 0 Å². The van der Waals surface area contributed by atoms with Crippen LogP contribution in [0.1, 0.15) is 29.4 Å². The molecule has 0 radical (unpaired) electrons. The van der Waals surface area contributed by atoms with Gasteiger partial charge in [0.2, 0.25) is 0 Å². The minimum absolute atomic E-state index is 0.120. The summed E-state index contributed by atoms with van der Waals surface area (Å²) in [6.45, 7) is 4.93. The smallest absolute Gasteiger partial charge is 0.169 e. The predicted octanol–water partition coefficient (Wildman–Crippen LogP) is 1.57. The number of nitrogens with one attached hydrogen (secondary N) is 1. The molecule has 1 aliphatic rings. The zero-order chi connectivity index (χ0) is 10.8. The van der Waals surface area contributed by atoms with Crippen LogP contribution in [0.25, 0.3) is 0 Å². The summed E-state index contributed by atoms with van der Waals surface area (Å²) < 4.78 is 0. The number of carbonyl (C=O) groups excluding carboxylic acids is 1. The molecule has 15 heavy (non-hydrogen) atoms. The van der Waals surface area contributed by atoms with Crippen molar-refractivity contribution < 1.29 is 4.79 Å². The first-order valence-corrected chi connectivity index (χ1v) is 5.39. The normalized spacial score (nSPS) is 25.5. The van der Waals surface area contributed by atoms with Crippen LogP contribution in [0, 0.1) is 12.8 Å². The van der Waals surface area contributed by atoms with E-state index in [9.17, 15) is 4.79 Å². The number of carbonyl (C=O) groups is 1. The Kier molecular flexibility index (Phi) is 2.82. The molecule has 3 heteroatoms. The molecule has 1 aromatic rings. The number of rotatable bonds is 2. The minimum atomic E-state index is 0.120.